The van der Waals surface area contributed by atoms with Crippen LogP contribution in [0.15, 0.2) is 60.7 Å². The van der Waals surface area contributed by atoms with E-state index in [1.54, 1.807) is 11.1 Å². The molecule has 0 N–H and O–H groups in total. The molecule has 2 aromatic carbocycles. The summed E-state index contributed by atoms with van der Waals surface area (Å²) < 4.78 is 3.80. The third-order valence-electron chi connectivity index (χ3n) is 5.96. The van der Waals surface area contributed by atoms with Gasteiger partial charge in [-0.2, -0.15) is 0 Å². The summed E-state index contributed by atoms with van der Waals surface area (Å²) in [5.74, 6) is 0. The molecule has 0 fully saturated rings. The fraction of sp³-hybridized carbons (Fsp3) is 0.227. The molecule has 0 aromatic heterocycles. The van der Waals surface area contributed by atoms with Gasteiger partial charge in [0, 0.05) is 0 Å². The van der Waals surface area contributed by atoms with E-state index < -0.39 is 20.3 Å². The second-order valence-corrected chi connectivity index (χ2v) is 18.9. The van der Waals surface area contributed by atoms with Crippen molar-refractivity contribution in [1.82, 2.24) is 0 Å². The average molecular weight is 379 g/mol. The minimum absolute atomic E-state index is 0.656. The zero-order chi connectivity index (χ0) is 15.9. The third kappa shape index (κ3) is 2.28. The Morgan fingerprint density at radius 2 is 1.30 bits per heavy atom. The summed E-state index contributed by atoms with van der Waals surface area (Å²) in [6, 6.07) is 17.9. The molecule has 2 atom stereocenters. The molecule has 0 saturated carbocycles. The van der Waals surface area contributed by atoms with E-state index in [1.165, 1.54) is 15.3 Å². The number of hydrogen-bond acceptors (Lipinski definition) is 0. The summed E-state index contributed by atoms with van der Waals surface area (Å²) in [6.45, 7) is 6.91. The fourth-order valence-electron chi connectivity index (χ4n) is 4.62. The third-order valence-corrected chi connectivity index (χ3v) is 20.1. The first-order chi connectivity index (χ1) is 11.3. The van der Waals surface area contributed by atoms with Gasteiger partial charge in [-0.25, -0.2) is 0 Å². The van der Waals surface area contributed by atoms with E-state index in [4.69, 9.17) is 0 Å². The standard InChI is InChI=1S/2C9H7.C2H5.C2H4.Zr/c2*1-2-5-9-7-3-6-8(9)4-1;2*1-2;/h2*1-7H;1H2,2H3;1-2H2;. The predicted octanol–water partition coefficient (Wildman–Crippen LogP) is 6.37. The van der Waals surface area contributed by atoms with Crippen molar-refractivity contribution >= 4 is 12.2 Å². The molecule has 4 rings (SSSR count). The predicted molar refractivity (Wildman–Crippen MR) is 97.1 cm³/mol. The van der Waals surface area contributed by atoms with E-state index in [1.807, 2.05) is 0 Å². The Balaban J connectivity index is 1.83. The molecule has 0 heterocycles. The number of rotatable bonds is 4. The summed E-state index contributed by atoms with van der Waals surface area (Å²) in [7, 11) is 0. The van der Waals surface area contributed by atoms with Gasteiger partial charge in [0.15, 0.2) is 0 Å². The molecule has 0 nitrogen and oxygen atoms in total. The molecule has 2 aliphatic rings. The molecule has 2 unspecified atom stereocenters. The quantitative estimate of drug-likeness (QED) is 0.580. The Morgan fingerprint density at radius 1 is 0.826 bits per heavy atom. The van der Waals surface area contributed by atoms with E-state index in [2.05, 4.69) is 86.7 Å². The first kappa shape index (κ1) is 15.3. The van der Waals surface area contributed by atoms with Crippen LogP contribution in [0.25, 0.3) is 12.2 Å². The van der Waals surface area contributed by atoms with Gasteiger partial charge in [-0.15, -0.1) is 0 Å². The zero-order valence-corrected chi connectivity index (χ0v) is 16.2. The average Bonchev–Trinajstić information content (AvgIpc) is 3.23. The first-order valence-corrected chi connectivity index (χ1v) is 14.9. The number of fused-ring (bicyclic) bond motifs is 2. The van der Waals surface area contributed by atoms with Crippen LogP contribution in [0.4, 0.5) is 0 Å². The summed E-state index contributed by atoms with van der Waals surface area (Å²) in [4.78, 5) is 0. The van der Waals surface area contributed by atoms with Crippen LogP contribution < -0.4 is 0 Å². The molecule has 115 valence electrons. The van der Waals surface area contributed by atoms with Crippen molar-refractivity contribution in [2.24, 2.45) is 0 Å². The summed E-state index contributed by atoms with van der Waals surface area (Å²) in [5.41, 5.74) is 5.98. The Morgan fingerprint density at radius 3 is 1.74 bits per heavy atom. The van der Waals surface area contributed by atoms with Gasteiger partial charge in [0.25, 0.3) is 0 Å². The summed E-state index contributed by atoms with van der Waals surface area (Å²) >= 11 is -2.59. The van der Waals surface area contributed by atoms with Crippen molar-refractivity contribution in [3.63, 3.8) is 0 Å². The normalized spacial score (nSPS) is 21.5. The molecule has 0 amide bonds. The minimum atomic E-state index is -2.59. The molecule has 0 saturated heterocycles. The van der Waals surface area contributed by atoms with Crippen molar-refractivity contribution in [2.45, 2.75) is 22.4 Å². The van der Waals surface area contributed by atoms with E-state index in [0.29, 0.717) is 7.25 Å². The second kappa shape index (κ2) is 6.02. The van der Waals surface area contributed by atoms with Crippen molar-refractivity contribution in [3.8, 4) is 0 Å². The van der Waals surface area contributed by atoms with E-state index >= 15 is 0 Å². The Bertz CT molecular complexity index is 717. The van der Waals surface area contributed by atoms with E-state index in [-0.39, 0.29) is 0 Å². The van der Waals surface area contributed by atoms with Gasteiger partial charge >= 0.3 is 145 Å². The fourth-order valence-corrected chi connectivity index (χ4v) is 16.8. The number of hydrogen-bond donors (Lipinski definition) is 0. The second-order valence-electron chi connectivity index (χ2n) is 6.77. The van der Waals surface area contributed by atoms with Crippen LogP contribution in [-0.4, -0.2) is 0 Å². The van der Waals surface area contributed by atoms with Crippen LogP contribution in [0.3, 0.4) is 0 Å². The van der Waals surface area contributed by atoms with Crippen LogP contribution in [0.2, 0.25) is 8.26 Å². The van der Waals surface area contributed by atoms with Gasteiger partial charge < -0.3 is 0 Å². The molecule has 1 heteroatoms. The van der Waals surface area contributed by atoms with Crippen molar-refractivity contribution in [1.29, 1.82) is 0 Å². The maximum absolute atomic E-state index is 4.49. The van der Waals surface area contributed by atoms with Crippen LogP contribution in [-0.2, 0) is 20.3 Å². The van der Waals surface area contributed by atoms with Gasteiger partial charge in [0.1, 0.15) is 0 Å². The molecule has 0 bridgehead atoms. The Labute approximate surface area is 144 Å². The Hall–Kier alpha value is -1.20. The van der Waals surface area contributed by atoms with Crippen molar-refractivity contribution in [3.05, 3.63) is 89.9 Å². The van der Waals surface area contributed by atoms with Gasteiger partial charge in [0.2, 0.25) is 0 Å². The summed E-state index contributed by atoms with van der Waals surface area (Å²) in [6.07, 6.45) is 9.71. The molecular weight excluding hydrogens is 355 g/mol. The Kier molecular flexibility index (Phi) is 4.02. The molecule has 0 spiro atoms. The molecule has 2 aromatic rings. The van der Waals surface area contributed by atoms with Crippen LogP contribution in [0, 0.1) is 6.92 Å². The SMILES string of the molecule is [CH2][CH2][Zr]([CH2]C)([CH]1C=Cc2ccccc21)[CH]1C=Cc2ccccc21. The van der Waals surface area contributed by atoms with Gasteiger partial charge in [-0.1, -0.05) is 0 Å². The number of allylic oxidation sites excluding steroid dienone is 2. The zero-order valence-electron chi connectivity index (χ0n) is 13.7. The molecule has 23 heavy (non-hydrogen) atoms. The monoisotopic (exact) mass is 377 g/mol. The molecular formula is C22H23Zr. The van der Waals surface area contributed by atoms with Crippen LogP contribution >= 0.6 is 0 Å². The van der Waals surface area contributed by atoms with E-state index in [9.17, 15) is 0 Å². The summed E-state index contributed by atoms with van der Waals surface area (Å²) in [5, 5.41) is 0. The van der Waals surface area contributed by atoms with Crippen molar-refractivity contribution < 1.29 is 20.3 Å². The molecule has 2 aliphatic carbocycles. The van der Waals surface area contributed by atoms with Gasteiger partial charge in [-0.05, 0) is 0 Å². The van der Waals surface area contributed by atoms with Crippen LogP contribution in [0.5, 0.6) is 0 Å². The van der Waals surface area contributed by atoms with E-state index in [0.717, 1.165) is 4.13 Å². The van der Waals surface area contributed by atoms with Gasteiger partial charge in [-0.3, -0.25) is 0 Å². The van der Waals surface area contributed by atoms with Gasteiger partial charge in [0.05, 0.1) is 0 Å². The van der Waals surface area contributed by atoms with Crippen molar-refractivity contribution in [2.75, 3.05) is 0 Å². The van der Waals surface area contributed by atoms with Crippen LogP contribution in [0.1, 0.15) is 36.4 Å². The topological polar surface area (TPSA) is 0 Å². The molecule has 0 aliphatic heterocycles. The number of benzene rings is 2. The maximum atomic E-state index is 4.49. The molecule has 1 radical (unpaired) electrons. The first-order valence-electron chi connectivity index (χ1n) is 8.63.